The minimum Gasteiger partial charge on any atom is -0.480 e. The Hall–Kier alpha value is -4.39. The molecule has 178 valence electrons. The van der Waals surface area contributed by atoms with Gasteiger partial charge in [0, 0.05) is 5.92 Å². The van der Waals surface area contributed by atoms with E-state index in [0.717, 1.165) is 27.8 Å². The molecule has 0 aromatic heterocycles. The summed E-state index contributed by atoms with van der Waals surface area (Å²) in [6.45, 7) is 5.46. The fraction of sp³-hybridized carbons (Fsp3) is 0.179. The minimum absolute atomic E-state index is 0.0715. The van der Waals surface area contributed by atoms with E-state index in [0.29, 0.717) is 0 Å². The third-order valence-electron chi connectivity index (χ3n) is 6.01. The molecule has 1 aliphatic rings. The van der Waals surface area contributed by atoms with Gasteiger partial charge in [-0.1, -0.05) is 66.2 Å². The van der Waals surface area contributed by atoms with Gasteiger partial charge in [-0.05, 0) is 47.7 Å². The first-order chi connectivity index (χ1) is 16.9. The molecule has 0 aliphatic heterocycles. The molecular weight excluding hydrogens is 444 g/mol. The lowest BCUT2D eigenvalue weighted by atomic mass is 9.98. The normalized spacial score (nSPS) is 12.7. The van der Waals surface area contributed by atoms with Gasteiger partial charge in [0.15, 0.2) is 0 Å². The second kappa shape index (κ2) is 10.3. The van der Waals surface area contributed by atoms with Gasteiger partial charge in [0.2, 0.25) is 0 Å². The number of carboxylic acid groups (broad SMARTS) is 1. The van der Waals surface area contributed by atoms with Gasteiger partial charge in [-0.25, -0.2) is 9.59 Å². The van der Waals surface area contributed by atoms with Crippen LogP contribution >= 0.6 is 0 Å². The van der Waals surface area contributed by atoms with Gasteiger partial charge >= 0.3 is 12.1 Å². The maximum atomic E-state index is 12.8. The molecule has 3 aromatic rings. The summed E-state index contributed by atoms with van der Waals surface area (Å²) in [5.74, 6) is -1.88. The van der Waals surface area contributed by atoms with Crippen molar-refractivity contribution in [3.05, 3.63) is 102 Å². The lowest BCUT2D eigenvalue weighted by molar-refractivity contribution is -0.139. The Morgan fingerprint density at radius 2 is 1.66 bits per heavy atom. The number of ether oxygens (including phenoxy) is 1. The molecule has 35 heavy (non-hydrogen) atoms. The van der Waals surface area contributed by atoms with Crippen molar-refractivity contribution in [2.45, 2.75) is 25.3 Å². The third kappa shape index (κ3) is 5.09. The molecule has 0 saturated heterocycles. The number of carbonyl (C=O) groups is 3. The van der Waals surface area contributed by atoms with Crippen molar-refractivity contribution in [3.63, 3.8) is 0 Å². The molecule has 4 rings (SSSR count). The highest BCUT2D eigenvalue weighted by molar-refractivity contribution is 6.04. The van der Waals surface area contributed by atoms with E-state index in [1.165, 1.54) is 6.08 Å². The van der Waals surface area contributed by atoms with Crippen molar-refractivity contribution >= 4 is 23.7 Å². The second-order valence-corrected chi connectivity index (χ2v) is 8.39. The van der Waals surface area contributed by atoms with Crippen LogP contribution in [0.25, 0.3) is 11.1 Å². The summed E-state index contributed by atoms with van der Waals surface area (Å²) < 4.78 is 5.58. The zero-order valence-electron chi connectivity index (χ0n) is 19.3. The third-order valence-corrected chi connectivity index (χ3v) is 6.01. The van der Waals surface area contributed by atoms with E-state index in [4.69, 9.17) is 4.74 Å². The summed E-state index contributed by atoms with van der Waals surface area (Å²) in [5, 5.41) is 14.4. The van der Waals surface area contributed by atoms with Crippen molar-refractivity contribution < 1.29 is 24.2 Å². The average Bonchev–Trinajstić information content (AvgIpc) is 3.17. The van der Waals surface area contributed by atoms with Crippen molar-refractivity contribution in [2.75, 3.05) is 11.9 Å². The van der Waals surface area contributed by atoms with Gasteiger partial charge in [-0.3, -0.25) is 10.1 Å². The Labute approximate surface area is 203 Å². The van der Waals surface area contributed by atoms with Crippen LogP contribution in [0.3, 0.4) is 0 Å². The van der Waals surface area contributed by atoms with Crippen molar-refractivity contribution in [3.8, 4) is 11.1 Å². The van der Waals surface area contributed by atoms with Crippen LogP contribution in [0.2, 0.25) is 0 Å². The molecule has 0 radical (unpaired) electrons. The van der Waals surface area contributed by atoms with Gasteiger partial charge in [0.25, 0.3) is 5.91 Å². The molecule has 1 unspecified atom stereocenters. The Kier molecular flexibility index (Phi) is 6.96. The van der Waals surface area contributed by atoms with Crippen molar-refractivity contribution in [1.29, 1.82) is 0 Å². The molecule has 2 amide bonds. The molecule has 1 atom stereocenters. The van der Waals surface area contributed by atoms with Crippen LogP contribution in [-0.4, -0.2) is 35.7 Å². The topological polar surface area (TPSA) is 105 Å². The number of nitrogens with one attached hydrogen (secondary N) is 2. The highest BCUT2D eigenvalue weighted by atomic mass is 16.5. The number of fused-ring (bicyclic) bond motifs is 3. The first-order valence-corrected chi connectivity index (χ1v) is 11.3. The second-order valence-electron chi connectivity index (χ2n) is 8.39. The predicted octanol–water partition coefficient (Wildman–Crippen LogP) is 5.12. The molecule has 7 nitrogen and oxygen atoms in total. The first kappa shape index (κ1) is 23.8. The van der Waals surface area contributed by atoms with Crippen LogP contribution in [0.1, 0.15) is 39.4 Å². The summed E-state index contributed by atoms with van der Waals surface area (Å²) in [5.41, 5.74) is 5.60. The number of carbonyl (C=O) groups excluding carboxylic acids is 2. The van der Waals surface area contributed by atoms with Crippen LogP contribution in [-0.2, 0) is 9.53 Å². The number of anilines is 1. The van der Waals surface area contributed by atoms with E-state index in [1.54, 1.807) is 25.1 Å². The van der Waals surface area contributed by atoms with Gasteiger partial charge in [0.1, 0.15) is 12.6 Å². The molecule has 0 spiro atoms. The van der Waals surface area contributed by atoms with Gasteiger partial charge in [-0.2, -0.15) is 0 Å². The van der Waals surface area contributed by atoms with E-state index in [1.807, 2.05) is 36.4 Å². The Bertz CT molecular complexity index is 1250. The summed E-state index contributed by atoms with van der Waals surface area (Å²) in [4.78, 5) is 37.0. The molecule has 0 saturated carbocycles. The van der Waals surface area contributed by atoms with E-state index in [2.05, 4.69) is 29.3 Å². The van der Waals surface area contributed by atoms with E-state index in [9.17, 15) is 19.5 Å². The summed E-state index contributed by atoms with van der Waals surface area (Å²) >= 11 is 0. The molecule has 7 heteroatoms. The average molecular weight is 471 g/mol. The lowest BCUT2D eigenvalue weighted by Gasteiger charge is -2.17. The highest BCUT2D eigenvalue weighted by Crippen LogP contribution is 2.44. The molecule has 3 N–H and O–H groups in total. The number of aliphatic carboxylic acids is 1. The summed E-state index contributed by atoms with van der Waals surface area (Å²) in [7, 11) is 0. The number of hydrogen-bond donors (Lipinski definition) is 3. The summed E-state index contributed by atoms with van der Waals surface area (Å²) in [6.07, 6.45) is 0.790. The summed E-state index contributed by atoms with van der Waals surface area (Å²) in [6, 6.07) is 19.9. The van der Waals surface area contributed by atoms with Gasteiger partial charge < -0.3 is 15.2 Å². The number of carboxylic acids is 1. The van der Waals surface area contributed by atoms with Crippen LogP contribution in [0, 0.1) is 6.92 Å². The van der Waals surface area contributed by atoms with Crippen molar-refractivity contribution in [1.82, 2.24) is 5.32 Å². The number of rotatable bonds is 8. The van der Waals surface area contributed by atoms with Crippen LogP contribution < -0.4 is 10.6 Å². The highest BCUT2D eigenvalue weighted by Gasteiger charge is 2.29. The fourth-order valence-corrected chi connectivity index (χ4v) is 4.32. The molecule has 3 aromatic carbocycles. The molecule has 0 fully saturated rings. The lowest BCUT2D eigenvalue weighted by Crippen LogP contribution is -2.40. The fourth-order valence-electron chi connectivity index (χ4n) is 4.32. The Balaban J connectivity index is 1.48. The first-order valence-electron chi connectivity index (χ1n) is 11.3. The quantitative estimate of drug-likeness (QED) is 0.397. The van der Waals surface area contributed by atoms with E-state index < -0.39 is 24.0 Å². The molecule has 0 heterocycles. The Morgan fingerprint density at radius 3 is 2.26 bits per heavy atom. The smallest absolute Gasteiger partial charge is 0.411 e. The SMILES string of the molecule is C=CCC(NC(=O)c1cc(C)ccc1NC(=O)OCC1c2ccccc2-c2ccccc21)C(=O)O. The van der Waals surface area contributed by atoms with Crippen LogP contribution in [0.4, 0.5) is 10.5 Å². The monoisotopic (exact) mass is 470 g/mol. The Morgan fingerprint density at radius 1 is 1.03 bits per heavy atom. The van der Waals surface area contributed by atoms with Gasteiger partial charge in [-0.15, -0.1) is 6.58 Å². The van der Waals surface area contributed by atoms with Crippen molar-refractivity contribution in [2.24, 2.45) is 0 Å². The number of hydrogen-bond acceptors (Lipinski definition) is 4. The zero-order chi connectivity index (χ0) is 24.9. The minimum atomic E-state index is -1.17. The number of benzene rings is 3. The van der Waals surface area contributed by atoms with Crippen LogP contribution in [0.5, 0.6) is 0 Å². The number of aryl methyl sites for hydroxylation is 1. The molecule has 1 aliphatic carbocycles. The standard InChI is InChI=1S/C28H26N2O5/c1-3-8-25(27(32)33)29-26(31)22-15-17(2)13-14-24(22)30-28(34)35-16-23-20-11-6-4-9-18(20)19-10-5-7-12-21(19)23/h3-7,9-15,23,25H,1,8,16H2,2H3,(H,29,31)(H,30,34)(H,32,33). The molecule has 0 bridgehead atoms. The van der Waals surface area contributed by atoms with Crippen LogP contribution in [0.15, 0.2) is 79.4 Å². The maximum absolute atomic E-state index is 12.8. The predicted molar refractivity (Wildman–Crippen MR) is 134 cm³/mol. The number of amides is 2. The van der Waals surface area contributed by atoms with E-state index in [-0.39, 0.29) is 30.2 Å². The zero-order valence-corrected chi connectivity index (χ0v) is 19.3. The van der Waals surface area contributed by atoms with Gasteiger partial charge in [0.05, 0.1) is 11.3 Å². The maximum Gasteiger partial charge on any atom is 0.411 e. The molecular formula is C28H26N2O5. The van der Waals surface area contributed by atoms with E-state index >= 15 is 0 Å². The largest absolute Gasteiger partial charge is 0.480 e.